The highest BCUT2D eigenvalue weighted by Gasteiger charge is 2.66. The largest absolute Gasteiger partial charge is 0.432 e. The SMILES string of the molecule is C[C@H]1[C@H]([Si](C)(C)O)[C@@H](CC(=O)N2CCC[C@H]2CO)O[C@]12C(=O)N(Cc1cccc(N3CCCC3=O)c1)c1ccccc12. The second-order valence-electron chi connectivity index (χ2n) is 12.9. The van der Waals surface area contributed by atoms with Crippen molar-refractivity contribution >= 4 is 37.4 Å². The zero-order chi connectivity index (χ0) is 29.8. The van der Waals surface area contributed by atoms with Gasteiger partial charge in [-0.05, 0) is 56.1 Å². The number of likely N-dealkylation sites (tertiary alicyclic amines) is 1. The molecule has 3 amide bonds. The highest BCUT2D eigenvalue weighted by molar-refractivity contribution is 6.71. The molecule has 2 aromatic carbocycles. The van der Waals surface area contributed by atoms with Crippen molar-refractivity contribution in [3.63, 3.8) is 0 Å². The van der Waals surface area contributed by atoms with Crippen molar-refractivity contribution in [2.24, 2.45) is 5.92 Å². The molecular formula is C32H41N3O6Si. The minimum atomic E-state index is -2.91. The van der Waals surface area contributed by atoms with Crippen molar-refractivity contribution < 1.29 is 29.0 Å². The summed E-state index contributed by atoms with van der Waals surface area (Å²) >= 11 is 0. The lowest BCUT2D eigenvalue weighted by Gasteiger charge is -2.32. The van der Waals surface area contributed by atoms with Crippen LogP contribution >= 0.6 is 0 Å². The topological polar surface area (TPSA) is 111 Å². The van der Waals surface area contributed by atoms with Crippen LogP contribution in [0.25, 0.3) is 0 Å². The van der Waals surface area contributed by atoms with E-state index < -0.39 is 20.0 Å². The van der Waals surface area contributed by atoms with Crippen LogP contribution in [0.2, 0.25) is 18.6 Å². The lowest BCUT2D eigenvalue weighted by Crippen LogP contribution is -2.46. The molecule has 1 spiro atoms. The first-order valence-electron chi connectivity index (χ1n) is 15.2. The van der Waals surface area contributed by atoms with Gasteiger partial charge in [0, 0.05) is 42.2 Å². The van der Waals surface area contributed by atoms with Crippen molar-refractivity contribution in [1.82, 2.24) is 4.90 Å². The smallest absolute Gasteiger partial charge is 0.264 e. The molecule has 4 aliphatic heterocycles. The lowest BCUT2D eigenvalue weighted by atomic mass is 9.82. The summed E-state index contributed by atoms with van der Waals surface area (Å²) in [6, 6.07) is 15.3. The molecule has 3 fully saturated rings. The zero-order valence-electron chi connectivity index (χ0n) is 24.7. The number of fused-ring (bicyclic) bond motifs is 2. The van der Waals surface area contributed by atoms with Crippen molar-refractivity contribution in [3.05, 3.63) is 59.7 Å². The average molecular weight is 592 g/mol. The van der Waals surface area contributed by atoms with E-state index in [-0.39, 0.29) is 48.3 Å². The van der Waals surface area contributed by atoms with E-state index >= 15 is 0 Å². The van der Waals surface area contributed by atoms with Crippen LogP contribution in [0.4, 0.5) is 11.4 Å². The lowest BCUT2D eigenvalue weighted by molar-refractivity contribution is -0.150. The molecule has 9 nitrogen and oxygen atoms in total. The molecule has 0 radical (unpaired) electrons. The molecule has 4 heterocycles. The number of carbonyl (C=O) groups is 3. The van der Waals surface area contributed by atoms with Gasteiger partial charge in [0.15, 0.2) is 13.9 Å². The third kappa shape index (κ3) is 4.69. The number of para-hydroxylation sites is 1. The van der Waals surface area contributed by atoms with Gasteiger partial charge >= 0.3 is 0 Å². The van der Waals surface area contributed by atoms with E-state index in [1.165, 1.54) is 0 Å². The number of benzene rings is 2. The number of hydrogen-bond donors (Lipinski definition) is 2. The van der Waals surface area contributed by atoms with E-state index in [0.717, 1.165) is 41.8 Å². The van der Waals surface area contributed by atoms with Crippen LogP contribution in [0.3, 0.4) is 0 Å². The summed E-state index contributed by atoms with van der Waals surface area (Å²) in [5.41, 5.74) is 1.61. The minimum absolute atomic E-state index is 0.0611. The Balaban J connectivity index is 1.33. The molecule has 0 aromatic heterocycles. The maximum absolute atomic E-state index is 14.6. The molecule has 10 heteroatoms. The molecule has 5 atom stereocenters. The quantitative estimate of drug-likeness (QED) is 0.477. The van der Waals surface area contributed by atoms with Crippen molar-refractivity contribution in [2.45, 2.75) is 82.0 Å². The van der Waals surface area contributed by atoms with E-state index in [2.05, 4.69) is 0 Å². The number of anilines is 2. The number of rotatable bonds is 7. The maximum atomic E-state index is 14.6. The number of aliphatic hydroxyl groups excluding tert-OH is 1. The van der Waals surface area contributed by atoms with Gasteiger partial charge in [0.25, 0.3) is 5.91 Å². The third-order valence-electron chi connectivity index (χ3n) is 9.81. The maximum Gasteiger partial charge on any atom is 0.264 e. The van der Waals surface area contributed by atoms with Gasteiger partial charge in [0.05, 0.1) is 37.4 Å². The average Bonchev–Trinajstić information content (AvgIpc) is 3.72. The number of amides is 3. The molecule has 0 unspecified atom stereocenters. The van der Waals surface area contributed by atoms with E-state index in [9.17, 15) is 24.3 Å². The minimum Gasteiger partial charge on any atom is -0.432 e. The Morgan fingerprint density at radius 2 is 1.88 bits per heavy atom. The first kappa shape index (κ1) is 29.0. The fourth-order valence-corrected chi connectivity index (χ4v) is 10.5. The Labute approximate surface area is 248 Å². The third-order valence-corrected chi connectivity index (χ3v) is 12.3. The first-order chi connectivity index (χ1) is 20.1. The second kappa shape index (κ2) is 10.9. The number of carbonyl (C=O) groups excluding carboxylic acids is 3. The monoisotopic (exact) mass is 591 g/mol. The van der Waals surface area contributed by atoms with Crippen LogP contribution in [0.5, 0.6) is 0 Å². The van der Waals surface area contributed by atoms with Crippen LogP contribution in [0.1, 0.15) is 50.2 Å². The molecule has 6 rings (SSSR count). The van der Waals surface area contributed by atoms with Gasteiger partial charge in [-0.2, -0.15) is 0 Å². The van der Waals surface area contributed by atoms with Crippen molar-refractivity contribution in [1.29, 1.82) is 0 Å². The first-order valence-corrected chi connectivity index (χ1v) is 18.2. The van der Waals surface area contributed by atoms with Crippen molar-refractivity contribution in [2.75, 3.05) is 29.5 Å². The number of ether oxygens (including phenoxy) is 1. The van der Waals surface area contributed by atoms with Gasteiger partial charge < -0.3 is 29.3 Å². The molecule has 0 aliphatic carbocycles. The highest BCUT2D eigenvalue weighted by Crippen LogP contribution is 2.59. The predicted octanol–water partition coefficient (Wildman–Crippen LogP) is 3.53. The van der Waals surface area contributed by atoms with Crippen LogP contribution in [0, 0.1) is 5.92 Å². The van der Waals surface area contributed by atoms with Gasteiger partial charge in [0.1, 0.15) is 0 Å². The van der Waals surface area contributed by atoms with E-state index in [1.807, 2.05) is 68.5 Å². The summed E-state index contributed by atoms with van der Waals surface area (Å²) in [5, 5.41) is 9.80. The van der Waals surface area contributed by atoms with Crippen LogP contribution in [0.15, 0.2) is 48.5 Å². The number of aliphatic hydroxyl groups is 1. The normalized spacial score (nSPS) is 29.3. The molecule has 224 valence electrons. The van der Waals surface area contributed by atoms with Crippen LogP contribution < -0.4 is 9.80 Å². The summed E-state index contributed by atoms with van der Waals surface area (Å²) in [4.78, 5) is 57.3. The Hall–Kier alpha value is -3.05. The molecule has 0 bridgehead atoms. The standard InChI is InChI=1S/C32H41N3O6Si/c1-21-30(42(2,3)40)27(18-29(38)34-15-7-11-24(34)20-36)41-32(21)25-12-4-5-13-26(25)35(31(32)39)19-22-9-6-10-23(17-22)33-16-8-14-28(33)37/h4-6,9-10,12-13,17,21,24,27,30,36,40H,7-8,11,14-16,18-20H2,1-3H3/t21-,24-,27+,30-,32+/m0/s1. The molecule has 2 N–H and O–H groups in total. The fourth-order valence-electron chi connectivity index (χ4n) is 7.96. The van der Waals surface area contributed by atoms with Crippen LogP contribution in [-0.2, 0) is 31.3 Å². The summed E-state index contributed by atoms with van der Waals surface area (Å²) < 4.78 is 6.81. The summed E-state index contributed by atoms with van der Waals surface area (Å²) in [6.07, 6.45) is 2.44. The predicted molar refractivity (Wildman–Crippen MR) is 161 cm³/mol. The molecule has 4 aliphatic rings. The molecule has 3 saturated heterocycles. The molecular weight excluding hydrogens is 550 g/mol. The highest BCUT2D eigenvalue weighted by atomic mass is 28.4. The van der Waals surface area contributed by atoms with E-state index in [4.69, 9.17) is 4.74 Å². The Kier molecular flexibility index (Phi) is 7.53. The van der Waals surface area contributed by atoms with Crippen molar-refractivity contribution in [3.8, 4) is 0 Å². The molecule has 2 aromatic rings. The van der Waals surface area contributed by atoms with Gasteiger partial charge in [-0.25, -0.2) is 0 Å². The summed E-state index contributed by atoms with van der Waals surface area (Å²) in [7, 11) is -2.91. The van der Waals surface area contributed by atoms with Gasteiger partial charge in [-0.15, -0.1) is 0 Å². The number of hydrogen-bond acceptors (Lipinski definition) is 6. The van der Waals surface area contributed by atoms with Gasteiger partial charge in [-0.1, -0.05) is 37.3 Å². The fraction of sp³-hybridized carbons (Fsp3) is 0.531. The zero-order valence-corrected chi connectivity index (χ0v) is 25.7. The number of nitrogens with zero attached hydrogens (tertiary/aromatic N) is 3. The van der Waals surface area contributed by atoms with E-state index in [0.29, 0.717) is 26.1 Å². The Morgan fingerprint density at radius 1 is 1.10 bits per heavy atom. The Bertz CT molecular complexity index is 1390. The van der Waals surface area contributed by atoms with Gasteiger partial charge in [0.2, 0.25) is 11.8 Å². The van der Waals surface area contributed by atoms with Gasteiger partial charge in [-0.3, -0.25) is 14.4 Å². The molecule has 42 heavy (non-hydrogen) atoms. The van der Waals surface area contributed by atoms with E-state index in [1.54, 1.807) is 14.7 Å². The Morgan fingerprint density at radius 3 is 2.60 bits per heavy atom. The summed E-state index contributed by atoms with van der Waals surface area (Å²) in [5.74, 6) is -0.538. The second-order valence-corrected chi connectivity index (χ2v) is 16.8. The molecule has 0 saturated carbocycles. The summed E-state index contributed by atoms with van der Waals surface area (Å²) in [6.45, 7) is 7.22. The van der Waals surface area contributed by atoms with Crippen LogP contribution in [-0.4, -0.2) is 72.7 Å².